The van der Waals surface area contributed by atoms with Crippen molar-refractivity contribution in [3.8, 4) is 11.8 Å². The minimum absolute atomic E-state index is 0.0438. The smallest absolute Gasteiger partial charge is 0.152 e. The number of nitrogen functional groups attached to an aromatic ring is 1. The lowest BCUT2D eigenvalue weighted by Crippen LogP contribution is -2.09. The van der Waals surface area contributed by atoms with Crippen LogP contribution in [0.1, 0.15) is 11.1 Å². The second kappa shape index (κ2) is 6.16. The van der Waals surface area contributed by atoms with Gasteiger partial charge in [-0.25, -0.2) is 18.7 Å². The summed E-state index contributed by atoms with van der Waals surface area (Å²) in [7, 11) is 3.18. The number of aryl methyl sites for hydroxylation is 1. The van der Waals surface area contributed by atoms with E-state index < -0.39 is 17.2 Å². The summed E-state index contributed by atoms with van der Waals surface area (Å²) >= 11 is 0. The van der Waals surface area contributed by atoms with Crippen LogP contribution in [0.4, 0.5) is 20.4 Å². The van der Waals surface area contributed by atoms with Crippen molar-refractivity contribution in [1.29, 1.82) is 5.41 Å². The maximum atomic E-state index is 14.5. The molecule has 2 heterocycles. The number of anilines is 2. The minimum atomic E-state index is -0.833. The third-order valence-corrected chi connectivity index (χ3v) is 3.62. The minimum Gasteiger partial charge on any atom is -0.383 e. The molecular formula is C16H13F2N7. The number of hydrogen-bond donors (Lipinski definition) is 3. The molecule has 0 saturated carbocycles. The standard InChI is InChI=1S/C16H13F2N7/c1-21-16-13(15(20)22-7-23-16)11(19)4-3-8-10(17)5-12-9(14(8)18)6-24-25(12)2/h5-7,19H,1-2H3,(H3,20,21,22,23). The molecule has 3 aromatic rings. The van der Waals surface area contributed by atoms with Gasteiger partial charge in [-0.2, -0.15) is 5.10 Å². The highest BCUT2D eigenvalue weighted by molar-refractivity contribution is 6.16. The Morgan fingerprint density at radius 2 is 2.12 bits per heavy atom. The van der Waals surface area contributed by atoms with E-state index in [9.17, 15) is 8.78 Å². The topological polar surface area (TPSA) is 106 Å². The van der Waals surface area contributed by atoms with Crippen molar-refractivity contribution >= 4 is 28.3 Å². The number of benzene rings is 1. The monoisotopic (exact) mass is 341 g/mol. The molecule has 0 bridgehead atoms. The van der Waals surface area contributed by atoms with Gasteiger partial charge in [0, 0.05) is 20.2 Å². The van der Waals surface area contributed by atoms with Gasteiger partial charge in [0.1, 0.15) is 29.5 Å². The fraction of sp³-hybridized carbons (Fsp3) is 0.125. The Hall–Kier alpha value is -3.54. The van der Waals surface area contributed by atoms with E-state index in [0.29, 0.717) is 11.3 Å². The quantitative estimate of drug-likeness (QED) is 0.486. The van der Waals surface area contributed by atoms with Crippen molar-refractivity contribution < 1.29 is 8.78 Å². The lowest BCUT2D eigenvalue weighted by atomic mass is 10.1. The Kier molecular flexibility index (Phi) is 4.02. The number of hydrogen-bond acceptors (Lipinski definition) is 6. The van der Waals surface area contributed by atoms with Gasteiger partial charge in [-0.15, -0.1) is 0 Å². The first kappa shape index (κ1) is 16.3. The van der Waals surface area contributed by atoms with E-state index in [1.165, 1.54) is 17.2 Å². The van der Waals surface area contributed by atoms with Crippen LogP contribution in [-0.4, -0.2) is 32.5 Å². The summed E-state index contributed by atoms with van der Waals surface area (Å²) in [5, 5.41) is 14.8. The van der Waals surface area contributed by atoms with Crippen LogP contribution in [0.2, 0.25) is 0 Å². The molecule has 2 aromatic heterocycles. The van der Waals surface area contributed by atoms with E-state index in [1.54, 1.807) is 14.1 Å². The zero-order chi connectivity index (χ0) is 18.1. The van der Waals surface area contributed by atoms with E-state index in [1.807, 2.05) is 0 Å². The molecule has 4 N–H and O–H groups in total. The SMILES string of the molecule is CNc1ncnc(N)c1C(=N)C#Cc1c(F)cc2c(cnn2C)c1F. The maximum Gasteiger partial charge on any atom is 0.152 e. The fourth-order valence-corrected chi connectivity index (χ4v) is 2.36. The summed E-state index contributed by atoms with van der Waals surface area (Å²) in [4.78, 5) is 7.74. The number of nitrogens with zero attached hydrogens (tertiary/aromatic N) is 4. The number of aromatic nitrogens is 4. The van der Waals surface area contributed by atoms with Crippen LogP contribution in [-0.2, 0) is 7.05 Å². The number of fused-ring (bicyclic) bond motifs is 1. The van der Waals surface area contributed by atoms with Gasteiger partial charge in [-0.3, -0.25) is 10.1 Å². The van der Waals surface area contributed by atoms with Gasteiger partial charge in [0.2, 0.25) is 0 Å². The molecule has 0 aliphatic carbocycles. The maximum absolute atomic E-state index is 14.5. The Morgan fingerprint density at radius 1 is 1.36 bits per heavy atom. The van der Waals surface area contributed by atoms with Crippen molar-refractivity contribution in [2.75, 3.05) is 18.1 Å². The van der Waals surface area contributed by atoms with E-state index in [0.717, 1.165) is 6.07 Å². The van der Waals surface area contributed by atoms with Crippen molar-refractivity contribution in [2.45, 2.75) is 0 Å². The molecule has 0 aliphatic rings. The highest BCUT2D eigenvalue weighted by atomic mass is 19.1. The molecule has 3 rings (SSSR count). The zero-order valence-electron chi connectivity index (χ0n) is 13.4. The molecule has 0 saturated heterocycles. The highest BCUT2D eigenvalue weighted by Crippen LogP contribution is 2.23. The van der Waals surface area contributed by atoms with Crippen LogP contribution >= 0.6 is 0 Å². The van der Waals surface area contributed by atoms with Crippen LogP contribution in [0.3, 0.4) is 0 Å². The summed E-state index contributed by atoms with van der Waals surface area (Å²) in [5.74, 6) is 3.46. The summed E-state index contributed by atoms with van der Waals surface area (Å²) in [5.41, 5.74) is 5.53. The van der Waals surface area contributed by atoms with Crippen molar-refractivity contribution in [2.24, 2.45) is 7.05 Å². The number of nitrogens with one attached hydrogen (secondary N) is 2. The predicted molar refractivity (Wildman–Crippen MR) is 90.3 cm³/mol. The highest BCUT2D eigenvalue weighted by Gasteiger charge is 2.16. The number of nitrogens with two attached hydrogens (primary N) is 1. The van der Waals surface area contributed by atoms with Gasteiger partial charge in [0.15, 0.2) is 5.82 Å². The fourth-order valence-electron chi connectivity index (χ4n) is 2.36. The summed E-state index contributed by atoms with van der Waals surface area (Å²) in [6.45, 7) is 0. The molecule has 9 heteroatoms. The molecular weight excluding hydrogens is 328 g/mol. The molecule has 0 spiro atoms. The van der Waals surface area contributed by atoms with Crippen LogP contribution in [0.25, 0.3) is 10.9 Å². The molecule has 7 nitrogen and oxygen atoms in total. The summed E-state index contributed by atoms with van der Waals surface area (Å²) < 4.78 is 30.1. The Bertz CT molecular complexity index is 1060. The Balaban J connectivity index is 2.08. The third-order valence-electron chi connectivity index (χ3n) is 3.62. The number of halogens is 2. The van der Waals surface area contributed by atoms with Crippen molar-refractivity contribution in [3.05, 3.63) is 41.4 Å². The van der Waals surface area contributed by atoms with Crippen molar-refractivity contribution in [3.63, 3.8) is 0 Å². The average molecular weight is 341 g/mol. The third kappa shape index (κ3) is 2.74. The molecule has 0 fully saturated rings. The van der Waals surface area contributed by atoms with E-state index in [-0.39, 0.29) is 22.5 Å². The Morgan fingerprint density at radius 3 is 2.84 bits per heavy atom. The molecule has 0 atom stereocenters. The van der Waals surface area contributed by atoms with Gasteiger partial charge < -0.3 is 11.1 Å². The first-order valence-electron chi connectivity index (χ1n) is 7.13. The molecule has 126 valence electrons. The molecule has 25 heavy (non-hydrogen) atoms. The molecule has 0 aliphatic heterocycles. The van der Waals surface area contributed by atoms with Gasteiger partial charge >= 0.3 is 0 Å². The first-order chi connectivity index (χ1) is 11.9. The number of rotatable bonds is 2. The average Bonchev–Trinajstić information content (AvgIpc) is 2.95. The Labute approximate surface area is 141 Å². The van der Waals surface area contributed by atoms with Gasteiger partial charge in [-0.1, -0.05) is 5.92 Å². The molecule has 1 aromatic carbocycles. The lowest BCUT2D eigenvalue weighted by molar-refractivity contribution is 0.585. The first-order valence-corrected chi connectivity index (χ1v) is 7.13. The zero-order valence-corrected chi connectivity index (χ0v) is 13.4. The van der Waals surface area contributed by atoms with Crippen LogP contribution in [0, 0.1) is 28.9 Å². The summed E-state index contributed by atoms with van der Waals surface area (Å²) in [6, 6.07) is 1.15. The normalized spacial score (nSPS) is 10.4. The van der Waals surface area contributed by atoms with Gasteiger partial charge in [-0.05, 0) is 5.92 Å². The van der Waals surface area contributed by atoms with Gasteiger partial charge in [0.05, 0.1) is 28.2 Å². The summed E-state index contributed by atoms with van der Waals surface area (Å²) in [6.07, 6.45) is 2.53. The second-order valence-corrected chi connectivity index (χ2v) is 5.11. The predicted octanol–water partition coefficient (Wildman–Crippen LogP) is 1.68. The van der Waals surface area contributed by atoms with E-state index >= 15 is 0 Å². The second-order valence-electron chi connectivity index (χ2n) is 5.11. The van der Waals surface area contributed by atoms with Crippen LogP contribution in [0.5, 0.6) is 0 Å². The molecule has 0 radical (unpaired) electrons. The van der Waals surface area contributed by atoms with Gasteiger partial charge in [0.25, 0.3) is 0 Å². The lowest BCUT2D eigenvalue weighted by Gasteiger charge is -2.07. The van der Waals surface area contributed by atoms with Crippen LogP contribution < -0.4 is 11.1 Å². The van der Waals surface area contributed by atoms with E-state index in [4.69, 9.17) is 11.1 Å². The van der Waals surface area contributed by atoms with E-state index in [2.05, 4.69) is 32.2 Å². The molecule has 0 amide bonds. The van der Waals surface area contributed by atoms with Crippen molar-refractivity contribution in [1.82, 2.24) is 19.7 Å². The largest absolute Gasteiger partial charge is 0.383 e. The molecule has 0 unspecified atom stereocenters. The van der Waals surface area contributed by atoms with Crippen LogP contribution in [0.15, 0.2) is 18.6 Å².